The molecule has 0 radical (unpaired) electrons. The van der Waals surface area contributed by atoms with Gasteiger partial charge in [0, 0.05) is 19.1 Å². The van der Waals surface area contributed by atoms with Crippen molar-refractivity contribution >= 4 is 23.6 Å². The monoisotopic (exact) mass is 406 g/mol. The van der Waals surface area contributed by atoms with Crippen LogP contribution in [0.5, 0.6) is 0 Å². The van der Waals surface area contributed by atoms with Crippen LogP contribution in [0.4, 0.5) is 10.6 Å². The number of fused-ring (bicyclic) bond motifs is 3. The SMILES string of the molecule is Cc1ccc(-n2ncc3c2N(CC(=O)NC2CCCC2)C(=O)N2CCCN=C32)cc1. The van der Waals surface area contributed by atoms with Crippen molar-refractivity contribution in [1.82, 2.24) is 20.0 Å². The summed E-state index contributed by atoms with van der Waals surface area (Å²) in [6.45, 7) is 3.30. The van der Waals surface area contributed by atoms with Crippen LogP contribution in [-0.4, -0.2) is 58.1 Å². The summed E-state index contributed by atoms with van der Waals surface area (Å²) >= 11 is 0. The number of urea groups is 1. The summed E-state index contributed by atoms with van der Waals surface area (Å²) in [7, 11) is 0. The number of amides is 3. The molecule has 1 aromatic heterocycles. The second kappa shape index (κ2) is 7.59. The number of aryl methyl sites for hydroxylation is 1. The number of nitrogens with zero attached hydrogens (tertiary/aromatic N) is 5. The van der Waals surface area contributed by atoms with Crippen LogP contribution < -0.4 is 10.2 Å². The van der Waals surface area contributed by atoms with Crippen LogP contribution in [0, 0.1) is 6.92 Å². The predicted octanol–water partition coefficient (Wildman–Crippen LogP) is 2.63. The number of carbonyl (C=O) groups excluding carboxylic acids is 2. The molecule has 8 nitrogen and oxygen atoms in total. The van der Waals surface area contributed by atoms with Gasteiger partial charge in [-0.15, -0.1) is 0 Å². The van der Waals surface area contributed by atoms with Gasteiger partial charge in [0.15, 0.2) is 5.82 Å². The zero-order chi connectivity index (χ0) is 20.7. The van der Waals surface area contributed by atoms with Crippen LogP contribution in [-0.2, 0) is 4.79 Å². The number of anilines is 1. The summed E-state index contributed by atoms with van der Waals surface area (Å²) in [4.78, 5) is 34.0. The minimum atomic E-state index is -0.212. The third-order valence-corrected chi connectivity index (χ3v) is 6.06. The lowest BCUT2D eigenvalue weighted by Gasteiger charge is -2.37. The second-order valence-electron chi connectivity index (χ2n) is 8.26. The standard InChI is InChI=1S/C22H26N6O2/c1-15-7-9-17(10-8-15)28-21-18(13-24-28)20-23-11-4-12-26(20)22(30)27(21)14-19(29)25-16-5-2-3-6-16/h7-10,13,16H,2-6,11-12,14H2,1H3,(H,25,29). The second-order valence-corrected chi connectivity index (χ2v) is 8.26. The molecule has 8 heteroatoms. The number of hydrogen-bond acceptors (Lipinski definition) is 4. The van der Waals surface area contributed by atoms with Gasteiger partial charge in [0.1, 0.15) is 12.4 Å². The molecule has 1 saturated carbocycles. The number of amidine groups is 1. The molecule has 2 aromatic rings. The van der Waals surface area contributed by atoms with Gasteiger partial charge in [0.05, 0.1) is 17.4 Å². The van der Waals surface area contributed by atoms with Crippen molar-refractivity contribution in [2.24, 2.45) is 4.99 Å². The van der Waals surface area contributed by atoms with E-state index in [-0.39, 0.29) is 24.5 Å². The van der Waals surface area contributed by atoms with Crippen LogP contribution in [0.25, 0.3) is 5.69 Å². The Bertz CT molecular complexity index is 1000. The molecule has 5 rings (SSSR count). The van der Waals surface area contributed by atoms with Gasteiger partial charge >= 0.3 is 6.03 Å². The van der Waals surface area contributed by atoms with Crippen molar-refractivity contribution in [3.8, 4) is 5.69 Å². The smallest absolute Gasteiger partial charge is 0.331 e. The molecule has 2 aliphatic heterocycles. The molecule has 0 spiro atoms. The highest BCUT2D eigenvalue weighted by Gasteiger charge is 2.40. The van der Waals surface area contributed by atoms with Crippen molar-refractivity contribution in [3.05, 3.63) is 41.6 Å². The molecule has 1 fully saturated rings. The summed E-state index contributed by atoms with van der Waals surface area (Å²) in [6.07, 6.45) is 6.88. The van der Waals surface area contributed by atoms with E-state index >= 15 is 0 Å². The fourth-order valence-electron chi connectivity index (χ4n) is 4.52. The Kier molecular flexibility index (Phi) is 4.77. The largest absolute Gasteiger partial charge is 0.352 e. The number of aromatic nitrogens is 2. The quantitative estimate of drug-likeness (QED) is 0.847. The normalized spacial score (nSPS) is 18.8. The highest BCUT2D eigenvalue weighted by Crippen LogP contribution is 2.32. The Labute approximate surface area is 175 Å². The van der Waals surface area contributed by atoms with Gasteiger partial charge in [0.25, 0.3) is 0 Å². The highest BCUT2D eigenvalue weighted by molar-refractivity contribution is 6.19. The Morgan fingerprint density at radius 1 is 1.17 bits per heavy atom. The molecule has 30 heavy (non-hydrogen) atoms. The molecule has 0 atom stereocenters. The van der Waals surface area contributed by atoms with E-state index in [0.717, 1.165) is 48.9 Å². The molecule has 1 aliphatic carbocycles. The van der Waals surface area contributed by atoms with Gasteiger partial charge in [-0.2, -0.15) is 5.10 Å². The Balaban J connectivity index is 1.53. The first kappa shape index (κ1) is 18.8. The van der Waals surface area contributed by atoms with Crippen LogP contribution in [0.2, 0.25) is 0 Å². The van der Waals surface area contributed by atoms with E-state index in [4.69, 9.17) is 0 Å². The van der Waals surface area contributed by atoms with E-state index in [0.29, 0.717) is 24.7 Å². The van der Waals surface area contributed by atoms with Gasteiger partial charge in [-0.05, 0) is 38.3 Å². The molecule has 0 unspecified atom stereocenters. The minimum absolute atomic E-state index is 0.0241. The number of nitrogens with one attached hydrogen (secondary N) is 1. The fourth-order valence-corrected chi connectivity index (χ4v) is 4.52. The molecular formula is C22H26N6O2. The molecular weight excluding hydrogens is 380 g/mol. The van der Waals surface area contributed by atoms with Crippen molar-refractivity contribution in [2.45, 2.75) is 45.1 Å². The molecule has 0 saturated heterocycles. The molecule has 3 heterocycles. The van der Waals surface area contributed by atoms with E-state index < -0.39 is 0 Å². The number of aliphatic imine (C=N–C) groups is 1. The summed E-state index contributed by atoms with van der Waals surface area (Å²) in [6, 6.07) is 7.96. The van der Waals surface area contributed by atoms with E-state index in [1.165, 1.54) is 0 Å². The Morgan fingerprint density at radius 2 is 1.93 bits per heavy atom. The van der Waals surface area contributed by atoms with Crippen LogP contribution >= 0.6 is 0 Å². The lowest BCUT2D eigenvalue weighted by atomic mass is 10.1. The number of hydrogen-bond donors (Lipinski definition) is 1. The molecule has 3 aliphatic rings. The van der Waals surface area contributed by atoms with Crippen molar-refractivity contribution in [2.75, 3.05) is 24.5 Å². The lowest BCUT2D eigenvalue weighted by molar-refractivity contribution is -0.120. The van der Waals surface area contributed by atoms with Crippen LogP contribution in [0.3, 0.4) is 0 Å². The first-order chi connectivity index (χ1) is 14.6. The van der Waals surface area contributed by atoms with E-state index in [1.807, 2.05) is 31.2 Å². The van der Waals surface area contributed by atoms with Crippen LogP contribution in [0.15, 0.2) is 35.5 Å². The zero-order valence-electron chi connectivity index (χ0n) is 17.2. The third-order valence-electron chi connectivity index (χ3n) is 6.06. The maximum Gasteiger partial charge on any atom is 0.331 e. The maximum atomic E-state index is 13.4. The van der Waals surface area contributed by atoms with Crippen molar-refractivity contribution < 1.29 is 9.59 Å². The average molecular weight is 406 g/mol. The van der Waals surface area contributed by atoms with Crippen molar-refractivity contribution in [3.63, 3.8) is 0 Å². The maximum absolute atomic E-state index is 13.4. The topological polar surface area (TPSA) is 82.8 Å². The third kappa shape index (κ3) is 3.26. The van der Waals surface area contributed by atoms with Crippen LogP contribution in [0.1, 0.15) is 43.2 Å². The highest BCUT2D eigenvalue weighted by atomic mass is 16.2. The lowest BCUT2D eigenvalue weighted by Crippen LogP contribution is -2.56. The summed E-state index contributed by atoms with van der Waals surface area (Å²) < 4.78 is 1.74. The van der Waals surface area contributed by atoms with E-state index in [9.17, 15) is 9.59 Å². The average Bonchev–Trinajstić information content (AvgIpc) is 3.42. The van der Waals surface area contributed by atoms with Gasteiger partial charge in [-0.1, -0.05) is 30.5 Å². The molecule has 0 bridgehead atoms. The predicted molar refractivity (Wildman–Crippen MR) is 114 cm³/mol. The van der Waals surface area contributed by atoms with Gasteiger partial charge < -0.3 is 5.32 Å². The van der Waals surface area contributed by atoms with Gasteiger partial charge in [0.2, 0.25) is 5.91 Å². The zero-order valence-corrected chi connectivity index (χ0v) is 17.2. The number of carbonyl (C=O) groups is 2. The summed E-state index contributed by atoms with van der Waals surface area (Å²) in [5.41, 5.74) is 2.79. The summed E-state index contributed by atoms with van der Waals surface area (Å²) in [5.74, 6) is 1.14. The summed E-state index contributed by atoms with van der Waals surface area (Å²) in [5, 5.41) is 7.66. The van der Waals surface area contributed by atoms with E-state index in [2.05, 4.69) is 15.4 Å². The Morgan fingerprint density at radius 3 is 2.70 bits per heavy atom. The molecule has 156 valence electrons. The number of benzene rings is 1. The van der Waals surface area contributed by atoms with E-state index in [1.54, 1.807) is 20.7 Å². The molecule has 1 N–H and O–H groups in total. The molecule has 1 aromatic carbocycles. The number of rotatable bonds is 4. The first-order valence-electron chi connectivity index (χ1n) is 10.7. The first-order valence-corrected chi connectivity index (χ1v) is 10.7. The Hall–Kier alpha value is -3.16. The fraction of sp³-hybridized carbons (Fsp3) is 0.455. The minimum Gasteiger partial charge on any atom is -0.352 e. The molecule has 3 amide bonds. The van der Waals surface area contributed by atoms with Gasteiger partial charge in [-0.3, -0.25) is 19.6 Å². The van der Waals surface area contributed by atoms with Gasteiger partial charge in [-0.25, -0.2) is 9.48 Å². The van der Waals surface area contributed by atoms with Crippen molar-refractivity contribution in [1.29, 1.82) is 0 Å².